The van der Waals surface area contributed by atoms with Gasteiger partial charge in [-0.05, 0) is 29.7 Å². The summed E-state index contributed by atoms with van der Waals surface area (Å²) in [6.45, 7) is 9.05. The van der Waals surface area contributed by atoms with Gasteiger partial charge in [-0.15, -0.1) is 0 Å². The summed E-state index contributed by atoms with van der Waals surface area (Å²) in [5, 5.41) is 3.09. The summed E-state index contributed by atoms with van der Waals surface area (Å²) in [6.07, 6.45) is 4.77. The number of nitrogens with zero attached hydrogens (tertiary/aromatic N) is 4. The van der Waals surface area contributed by atoms with E-state index in [1.165, 1.54) is 4.57 Å². The number of fused-ring (bicyclic) bond motifs is 1. The van der Waals surface area contributed by atoms with Crippen LogP contribution in [0.2, 0.25) is 0 Å². The summed E-state index contributed by atoms with van der Waals surface area (Å²) in [5.74, 6) is 0.884. The molecule has 3 aromatic rings. The summed E-state index contributed by atoms with van der Waals surface area (Å²) in [6, 6.07) is 9.65. The van der Waals surface area contributed by atoms with Gasteiger partial charge in [0.05, 0.1) is 12.9 Å². The highest BCUT2D eigenvalue weighted by Crippen LogP contribution is 2.29. The normalized spacial score (nSPS) is 20.7. The second-order valence-electron chi connectivity index (χ2n) is 10.1. The van der Waals surface area contributed by atoms with Crippen molar-refractivity contribution in [3.63, 3.8) is 0 Å². The van der Waals surface area contributed by atoms with Crippen molar-refractivity contribution >= 4 is 17.1 Å². The van der Waals surface area contributed by atoms with Crippen molar-refractivity contribution < 1.29 is 4.79 Å². The highest BCUT2D eigenvalue weighted by Gasteiger charge is 2.29. The van der Waals surface area contributed by atoms with Crippen molar-refractivity contribution in [2.24, 2.45) is 17.8 Å². The van der Waals surface area contributed by atoms with Crippen LogP contribution in [0.25, 0.3) is 11.2 Å². The molecule has 2 heterocycles. The van der Waals surface area contributed by atoms with Crippen molar-refractivity contribution in [1.82, 2.24) is 24.0 Å². The number of carbonyl (C=O) groups is 1. The number of amides is 1. The van der Waals surface area contributed by atoms with Crippen molar-refractivity contribution in [3.8, 4) is 0 Å². The number of nitrogens with one attached hydrogen (secondary N) is 1. The fraction of sp³-hybridized carbons (Fsp3) is 0.538. The van der Waals surface area contributed by atoms with E-state index in [1.807, 2.05) is 30.3 Å². The maximum Gasteiger partial charge on any atom is 0.333 e. The SMILES string of the molecule is CC(C)Cn1cnc2c1c(=O)n(CC(=O)N[C@@H]1CCC[C@H](C)[C@H]1C)c(=O)n2Cc1ccccc1. The standard InChI is InChI=1S/C26H35N5O3/c1-17(2)13-29-16-27-24-23(29)25(33)31(26(34)30(24)14-20-10-6-5-7-11-20)15-22(32)28-21-12-8-9-18(3)19(21)4/h5-7,10-11,16-19,21H,8-9,12-15H2,1-4H3,(H,28,32)/t18-,19+,21+/m0/s1. The molecule has 1 saturated carbocycles. The molecule has 1 aromatic carbocycles. The lowest BCUT2D eigenvalue weighted by Gasteiger charge is -2.34. The maximum atomic E-state index is 13.5. The zero-order valence-electron chi connectivity index (χ0n) is 20.5. The van der Waals surface area contributed by atoms with Crippen LogP contribution in [0, 0.1) is 17.8 Å². The van der Waals surface area contributed by atoms with Crippen LogP contribution in [0.1, 0.15) is 52.5 Å². The van der Waals surface area contributed by atoms with E-state index in [-0.39, 0.29) is 31.0 Å². The Bertz CT molecular complexity index is 1270. The number of aromatic nitrogens is 4. The Morgan fingerprint density at radius 1 is 1.12 bits per heavy atom. The molecule has 1 aliphatic rings. The predicted molar refractivity (Wildman–Crippen MR) is 133 cm³/mol. The number of hydrogen-bond acceptors (Lipinski definition) is 4. The Hall–Kier alpha value is -3.16. The summed E-state index contributed by atoms with van der Waals surface area (Å²) in [4.78, 5) is 44.4. The summed E-state index contributed by atoms with van der Waals surface area (Å²) >= 11 is 0. The lowest BCUT2D eigenvalue weighted by atomic mass is 9.78. The van der Waals surface area contributed by atoms with E-state index in [0.717, 1.165) is 29.4 Å². The molecule has 8 heteroatoms. The van der Waals surface area contributed by atoms with Crippen LogP contribution in [0.5, 0.6) is 0 Å². The first kappa shape index (κ1) is 24.0. The zero-order valence-corrected chi connectivity index (χ0v) is 20.5. The average molecular weight is 466 g/mol. The van der Waals surface area contributed by atoms with Crippen LogP contribution in [0.4, 0.5) is 0 Å². The van der Waals surface area contributed by atoms with Gasteiger partial charge >= 0.3 is 5.69 Å². The van der Waals surface area contributed by atoms with Gasteiger partial charge < -0.3 is 9.88 Å². The lowest BCUT2D eigenvalue weighted by molar-refractivity contribution is -0.123. The van der Waals surface area contributed by atoms with E-state index in [4.69, 9.17) is 0 Å². The quantitative estimate of drug-likeness (QED) is 0.581. The minimum absolute atomic E-state index is 0.0636. The molecule has 0 bridgehead atoms. The van der Waals surface area contributed by atoms with Gasteiger partial charge in [0.25, 0.3) is 5.56 Å². The van der Waals surface area contributed by atoms with Gasteiger partial charge in [0.2, 0.25) is 5.91 Å². The molecule has 1 aliphatic carbocycles. The number of rotatable bonds is 7. The van der Waals surface area contributed by atoms with Crippen LogP contribution < -0.4 is 16.6 Å². The molecule has 8 nitrogen and oxygen atoms in total. The first-order chi connectivity index (χ1) is 16.3. The molecule has 4 rings (SSSR count). The molecule has 0 aliphatic heterocycles. The van der Waals surface area contributed by atoms with Crippen LogP contribution in [0.15, 0.2) is 46.2 Å². The van der Waals surface area contributed by atoms with Crippen molar-refractivity contribution in [1.29, 1.82) is 0 Å². The van der Waals surface area contributed by atoms with Crippen molar-refractivity contribution in [3.05, 3.63) is 63.1 Å². The maximum absolute atomic E-state index is 13.5. The third kappa shape index (κ3) is 4.86. The monoisotopic (exact) mass is 465 g/mol. The van der Waals surface area contributed by atoms with Crippen LogP contribution >= 0.6 is 0 Å². The Morgan fingerprint density at radius 3 is 2.56 bits per heavy atom. The largest absolute Gasteiger partial charge is 0.352 e. The van der Waals surface area contributed by atoms with Crippen LogP contribution in [-0.4, -0.2) is 30.6 Å². The summed E-state index contributed by atoms with van der Waals surface area (Å²) in [5.41, 5.74) is 0.644. The van der Waals surface area contributed by atoms with E-state index in [0.29, 0.717) is 29.5 Å². The Balaban J connectivity index is 1.73. The van der Waals surface area contributed by atoms with Gasteiger partial charge in [-0.2, -0.15) is 0 Å². The molecule has 0 unspecified atom stereocenters. The van der Waals surface area contributed by atoms with E-state index < -0.39 is 11.2 Å². The van der Waals surface area contributed by atoms with Gasteiger partial charge in [0, 0.05) is 12.6 Å². The van der Waals surface area contributed by atoms with Crippen molar-refractivity contribution in [2.45, 2.75) is 72.6 Å². The summed E-state index contributed by atoms with van der Waals surface area (Å²) in [7, 11) is 0. The lowest BCUT2D eigenvalue weighted by Crippen LogP contribution is -2.48. The molecule has 0 saturated heterocycles. The van der Waals surface area contributed by atoms with Crippen LogP contribution in [0.3, 0.4) is 0 Å². The second-order valence-corrected chi connectivity index (χ2v) is 10.1. The first-order valence-corrected chi connectivity index (χ1v) is 12.3. The highest BCUT2D eigenvalue weighted by molar-refractivity contribution is 5.77. The van der Waals surface area contributed by atoms with E-state index in [9.17, 15) is 14.4 Å². The molecule has 1 fully saturated rings. The smallest absolute Gasteiger partial charge is 0.333 e. The van der Waals surface area contributed by atoms with Crippen LogP contribution in [-0.2, 0) is 24.4 Å². The topological polar surface area (TPSA) is 90.9 Å². The Kier molecular flexibility index (Phi) is 7.05. The first-order valence-electron chi connectivity index (χ1n) is 12.3. The molecule has 1 N–H and O–H groups in total. The van der Waals surface area contributed by atoms with Gasteiger partial charge in [-0.25, -0.2) is 14.3 Å². The predicted octanol–water partition coefficient (Wildman–Crippen LogP) is 3.00. The van der Waals surface area contributed by atoms with Gasteiger partial charge in [-0.1, -0.05) is 70.9 Å². The Morgan fingerprint density at radius 2 is 1.85 bits per heavy atom. The van der Waals surface area contributed by atoms with E-state index in [2.05, 4.69) is 38.0 Å². The number of carbonyl (C=O) groups excluding carboxylic acids is 1. The zero-order chi connectivity index (χ0) is 24.4. The molecule has 1 amide bonds. The third-order valence-electron chi connectivity index (χ3n) is 7.08. The Labute approximate surface area is 199 Å². The minimum Gasteiger partial charge on any atom is -0.352 e. The number of imidazole rings is 1. The molecule has 34 heavy (non-hydrogen) atoms. The molecule has 3 atom stereocenters. The number of benzene rings is 1. The number of hydrogen-bond donors (Lipinski definition) is 1. The molecular formula is C26H35N5O3. The molecule has 0 spiro atoms. The second kappa shape index (κ2) is 9.99. The molecular weight excluding hydrogens is 430 g/mol. The summed E-state index contributed by atoms with van der Waals surface area (Å²) < 4.78 is 4.36. The fourth-order valence-corrected chi connectivity index (χ4v) is 5.00. The average Bonchev–Trinajstić information content (AvgIpc) is 3.21. The fourth-order valence-electron chi connectivity index (χ4n) is 5.00. The van der Waals surface area contributed by atoms with Gasteiger partial charge in [0.1, 0.15) is 6.54 Å². The third-order valence-corrected chi connectivity index (χ3v) is 7.08. The molecule has 182 valence electrons. The minimum atomic E-state index is -0.517. The van der Waals surface area contributed by atoms with Gasteiger partial charge in [0.15, 0.2) is 11.2 Å². The highest BCUT2D eigenvalue weighted by atomic mass is 16.2. The molecule has 2 aromatic heterocycles. The van der Waals surface area contributed by atoms with Gasteiger partial charge in [-0.3, -0.25) is 14.2 Å². The van der Waals surface area contributed by atoms with E-state index in [1.54, 1.807) is 10.9 Å². The van der Waals surface area contributed by atoms with E-state index >= 15 is 0 Å². The molecule has 0 radical (unpaired) electrons. The van der Waals surface area contributed by atoms with Crippen molar-refractivity contribution in [2.75, 3.05) is 0 Å².